The summed E-state index contributed by atoms with van der Waals surface area (Å²) < 4.78 is 0.272. The molecule has 3 fully saturated rings. The Balaban J connectivity index is 1.81. The summed E-state index contributed by atoms with van der Waals surface area (Å²) >= 11 is 2.06. The first-order chi connectivity index (χ1) is 9.46. The highest BCUT2D eigenvalue weighted by Gasteiger charge is 2.54. The van der Waals surface area contributed by atoms with Gasteiger partial charge >= 0.3 is 0 Å². The fourth-order valence-corrected chi connectivity index (χ4v) is 5.48. The molecule has 1 spiro atoms. The van der Waals surface area contributed by atoms with Gasteiger partial charge in [0.2, 0.25) is 5.91 Å². The second-order valence-corrected chi connectivity index (χ2v) is 9.14. The Morgan fingerprint density at radius 2 is 2.00 bits per heavy atom. The molecule has 114 valence electrons. The maximum absolute atomic E-state index is 13.0. The lowest BCUT2D eigenvalue weighted by Crippen LogP contribution is -2.47. The Morgan fingerprint density at radius 1 is 1.30 bits per heavy atom. The average Bonchev–Trinajstić information content (AvgIpc) is 3.08. The van der Waals surface area contributed by atoms with Gasteiger partial charge in [0, 0.05) is 11.3 Å². The molecule has 3 rings (SSSR count). The molecule has 1 saturated carbocycles. The minimum Gasteiger partial charge on any atom is -0.324 e. The lowest BCUT2D eigenvalue weighted by Gasteiger charge is -2.34. The van der Waals surface area contributed by atoms with Gasteiger partial charge in [-0.1, -0.05) is 26.7 Å². The van der Waals surface area contributed by atoms with E-state index in [-0.39, 0.29) is 16.5 Å². The van der Waals surface area contributed by atoms with E-state index in [2.05, 4.69) is 42.7 Å². The van der Waals surface area contributed by atoms with Crippen LogP contribution in [0.5, 0.6) is 0 Å². The van der Waals surface area contributed by atoms with E-state index in [1.807, 2.05) is 0 Å². The van der Waals surface area contributed by atoms with E-state index >= 15 is 0 Å². The molecular formula is C16H28N2OS. The summed E-state index contributed by atoms with van der Waals surface area (Å²) in [4.78, 5) is 15.2. The number of nitrogens with zero attached hydrogens (tertiary/aromatic N) is 1. The molecule has 1 amide bonds. The highest BCUT2D eigenvalue weighted by molar-refractivity contribution is 8.00. The molecule has 2 unspecified atom stereocenters. The Bertz CT molecular complexity index is 384. The number of carbonyl (C=O) groups is 1. The van der Waals surface area contributed by atoms with Crippen molar-refractivity contribution in [3.63, 3.8) is 0 Å². The van der Waals surface area contributed by atoms with Crippen molar-refractivity contribution >= 4 is 17.7 Å². The van der Waals surface area contributed by atoms with E-state index < -0.39 is 0 Å². The van der Waals surface area contributed by atoms with Gasteiger partial charge in [-0.25, -0.2) is 0 Å². The van der Waals surface area contributed by atoms with Crippen molar-refractivity contribution < 1.29 is 4.79 Å². The van der Waals surface area contributed by atoms with E-state index in [1.54, 1.807) is 0 Å². The summed E-state index contributed by atoms with van der Waals surface area (Å²) in [5.74, 6) is 2.13. The molecule has 0 bridgehead atoms. The van der Waals surface area contributed by atoms with Gasteiger partial charge in [0.1, 0.15) is 0 Å². The van der Waals surface area contributed by atoms with Crippen LogP contribution in [0.3, 0.4) is 0 Å². The van der Waals surface area contributed by atoms with Crippen molar-refractivity contribution in [1.29, 1.82) is 0 Å². The van der Waals surface area contributed by atoms with Gasteiger partial charge in [0.15, 0.2) is 0 Å². The molecule has 0 aromatic carbocycles. The van der Waals surface area contributed by atoms with E-state index in [9.17, 15) is 4.79 Å². The van der Waals surface area contributed by atoms with E-state index in [0.29, 0.717) is 11.8 Å². The molecule has 1 N–H and O–H groups in total. The first-order valence-corrected chi connectivity index (χ1v) is 9.17. The fourth-order valence-electron chi connectivity index (χ4n) is 4.18. The maximum atomic E-state index is 13.0. The zero-order valence-electron chi connectivity index (χ0n) is 13.1. The lowest BCUT2D eigenvalue weighted by atomic mass is 9.97. The second kappa shape index (κ2) is 5.20. The van der Waals surface area contributed by atoms with Gasteiger partial charge in [-0.3, -0.25) is 10.1 Å². The summed E-state index contributed by atoms with van der Waals surface area (Å²) in [6.07, 6.45) is 7.25. The third-order valence-electron chi connectivity index (χ3n) is 5.32. The van der Waals surface area contributed by atoms with Gasteiger partial charge in [0.25, 0.3) is 0 Å². The quantitative estimate of drug-likeness (QED) is 0.869. The van der Waals surface area contributed by atoms with Crippen LogP contribution in [0, 0.1) is 5.92 Å². The number of rotatable bonds is 3. The normalized spacial score (nSPS) is 36.7. The smallest absolute Gasteiger partial charge is 0.244 e. The summed E-state index contributed by atoms with van der Waals surface area (Å²) in [6.45, 7) is 7.73. The van der Waals surface area contributed by atoms with Crippen molar-refractivity contribution in [1.82, 2.24) is 10.2 Å². The van der Waals surface area contributed by atoms with Crippen molar-refractivity contribution in [3.8, 4) is 0 Å². The number of hydrogen-bond donors (Lipinski definition) is 1. The summed E-state index contributed by atoms with van der Waals surface area (Å²) in [5.41, 5.74) is -0.214. The monoisotopic (exact) mass is 296 g/mol. The molecule has 2 atom stereocenters. The number of hydrogen-bond acceptors (Lipinski definition) is 3. The minimum atomic E-state index is -0.214. The van der Waals surface area contributed by atoms with Crippen LogP contribution in [0.2, 0.25) is 0 Å². The molecular weight excluding hydrogens is 268 g/mol. The van der Waals surface area contributed by atoms with E-state index in [1.165, 1.54) is 31.4 Å². The molecule has 2 heterocycles. The second-order valence-electron chi connectivity index (χ2n) is 7.46. The number of nitrogens with one attached hydrogen (secondary N) is 1. The van der Waals surface area contributed by atoms with Crippen molar-refractivity contribution in [3.05, 3.63) is 0 Å². The van der Waals surface area contributed by atoms with Crippen LogP contribution < -0.4 is 5.32 Å². The highest BCUT2D eigenvalue weighted by atomic mass is 32.2. The van der Waals surface area contributed by atoms with Crippen molar-refractivity contribution in [2.75, 3.05) is 12.3 Å². The largest absolute Gasteiger partial charge is 0.324 e. The topological polar surface area (TPSA) is 32.3 Å². The molecule has 1 aliphatic carbocycles. The molecule has 20 heavy (non-hydrogen) atoms. The number of amides is 1. The number of thioether (sulfide) groups is 1. The Morgan fingerprint density at radius 3 is 2.55 bits per heavy atom. The van der Waals surface area contributed by atoms with Crippen LogP contribution in [-0.2, 0) is 4.79 Å². The van der Waals surface area contributed by atoms with Crippen LogP contribution in [-0.4, -0.2) is 39.6 Å². The van der Waals surface area contributed by atoms with Crippen molar-refractivity contribution in [2.45, 2.75) is 75.7 Å². The predicted octanol–water partition coefficient (Wildman–Crippen LogP) is 3.00. The van der Waals surface area contributed by atoms with Crippen LogP contribution in [0.15, 0.2) is 0 Å². The van der Waals surface area contributed by atoms with E-state index in [0.717, 1.165) is 19.4 Å². The van der Waals surface area contributed by atoms with Crippen LogP contribution in [0.25, 0.3) is 0 Å². The number of carbonyl (C=O) groups excluding carboxylic acids is 1. The minimum absolute atomic E-state index is 0.214. The molecule has 4 heteroatoms. The van der Waals surface area contributed by atoms with Gasteiger partial charge in [-0.2, -0.15) is 11.8 Å². The summed E-state index contributed by atoms with van der Waals surface area (Å²) in [5, 5.41) is 3.72. The third-order valence-corrected chi connectivity index (χ3v) is 6.85. The van der Waals surface area contributed by atoms with Gasteiger partial charge in [0.05, 0.1) is 11.7 Å². The molecule has 3 nitrogen and oxygen atoms in total. The van der Waals surface area contributed by atoms with Gasteiger partial charge in [-0.15, -0.1) is 0 Å². The summed E-state index contributed by atoms with van der Waals surface area (Å²) in [6, 6.07) is 0. The SMILES string of the molecule is CC(C)C1NC2(CCCC2)C(=O)N1CC1(C)CCCS1. The van der Waals surface area contributed by atoms with E-state index in [4.69, 9.17) is 0 Å². The van der Waals surface area contributed by atoms with Gasteiger partial charge < -0.3 is 4.90 Å². The highest BCUT2D eigenvalue weighted by Crippen LogP contribution is 2.43. The zero-order valence-corrected chi connectivity index (χ0v) is 13.9. The first-order valence-electron chi connectivity index (χ1n) is 8.19. The Hall–Kier alpha value is -0.220. The average molecular weight is 296 g/mol. The predicted molar refractivity (Wildman–Crippen MR) is 84.8 cm³/mol. The van der Waals surface area contributed by atoms with Crippen LogP contribution >= 0.6 is 11.8 Å². The molecule has 0 aromatic rings. The van der Waals surface area contributed by atoms with Crippen LogP contribution in [0.4, 0.5) is 0 Å². The van der Waals surface area contributed by atoms with Gasteiger partial charge in [-0.05, 0) is 44.3 Å². The third kappa shape index (κ3) is 2.39. The van der Waals surface area contributed by atoms with Crippen molar-refractivity contribution in [2.24, 2.45) is 5.92 Å². The summed E-state index contributed by atoms with van der Waals surface area (Å²) in [7, 11) is 0. The fraction of sp³-hybridized carbons (Fsp3) is 0.938. The molecule has 3 aliphatic rings. The molecule has 2 saturated heterocycles. The maximum Gasteiger partial charge on any atom is 0.244 e. The standard InChI is InChI=1S/C16H28N2OS/c1-12(2)13-17-16(8-4-5-9-16)14(19)18(13)11-15(3)7-6-10-20-15/h12-13,17H,4-11H2,1-3H3. The molecule has 0 aromatic heterocycles. The molecule has 2 aliphatic heterocycles. The lowest BCUT2D eigenvalue weighted by molar-refractivity contribution is -0.133. The first kappa shape index (κ1) is 14.7. The Labute approximate surface area is 127 Å². The Kier molecular flexibility index (Phi) is 3.83. The zero-order chi connectivity index (χ0) is 14.4. The molecule has 0 radical (unpaired) electrons. The van der Waals surface area contributed by atoms with Crippen LogP contribution in [0.1, 0.15) is 59.3 Å².